The first-order valence-electron chi connectivity index (χ1n) is 24.0. The maximum Gasteiger partial charge on any atom is 0.303 e. The summed E-state index contributed by atoms with van der Waals surface area (Å²) in [6.45, 7) is -27.6. The van der Waals surface area contributed by atoms with Crippen LogP contribution in [0.1, 0.15) is 90.9 Å². The molecule has 0 atom stereocenters. The number of methoxy groups -OCH3 is 1. The Morgan fingerprint density at radius 3 is 2.67 bits per heavy atom. The summed E-state index contributed by atoms with van der Waals surface area (Å²) < 4.78 is 229. The Bertz CT molecular complexity index is 2630. The van der Waals surface area contributed by atoms with Gasteiger partial charge in [-0.05, 0) is 66.3 Å². The van der Waals surface area contributed by atoms with Crippen LogP contribution in [0.2, 0.25) is 0 Å². The van der Waals surface area contributed by atoms with Gasteiger partial charge in [-0.2, -0.15) is 12.7 Å². The lowest BCUT2D eigenvalue weighted by Crippen LogP contribution is -2.42. The lowest BCUT2D eigenvalue weighted by Gasteiger charge is -2.24. The van der Waals surface area contributed by atoms with Gasteiger partial charge in [0.15, 0.2) is 0 Å². The maximum absolute atomic E-state index is 14.8. The number of nitrogens with zero attached hydrogens (tertiary/aromatic N) is 3. The van der Waals surface area contributed by atoms with Crippen molar-refractivity contribution in [3.05, 3.63) is 58.7 Å². The predicted molar refractivity (Wildman–Crippen MR) is 165 cm³/mol. The van der Waals surface area contributed by atoms with Crippen LogP contribution in [0.15, 0.2) is 42.0 Å². The number of fused-ring (bicyclic) bond motifs is 4. The van der Waals surface area contributed by atoms with Gasteiger partial charge in [0, 0.05) is 73.7 Å². The molecule has 2 amide bonds. The molecule has 228 valence electrons. The molecule has 2 aromatic carbocycles. The number of nitrogens with one attached hydrogen (secondary N) is 1. The van der Waals surface area contributed by atoms with Gasteiger partial charge in [-0.15, -0.1) is 0 Å². The molecular formula is C32H38N4O6S. The second kappa shape index (κ2) is 11.8. The van der Waals surface area contributed by atoms with Crippen LogP contribution in [0.5, 0.6) is 5.75 Å². The van der Waals surface area contributed by atoms with Crippen LogP contribution in [-0.2, 0) is 26.3 Å². The molecule has 3 aliphatic rings. The molecule has 6 rings (SSSR count). The number of ether oxygens (including phenoxy) is 2. The standard InChI is InChI=1S/C32H38N4O6S/c1-34-13-15-42-16-14-35(2)43(39,40)33-31(37)22-9-11-27-28(19-22)36-20-24(32(34)38)17-23-18-25(41-3)10-12-26(23)30(36)29(27)21-7-5-4-6-8-21/h9-12,17-19,21H,4-8,13-16,20H2,1-3H3,(H,33,37)/i1D3,2D3,3D3,4D2,5D2,6D2,13D2,14D2,15D2,16D2. The van der Waals surface area contributed by atoms with Crippen molar-refractivity contribution in [1.82, 2.24) is 18.5 Å². The summed E-state index contributed by atoms with van der Waals surface area (Å²) in [7, 11) is -9.25. The third kappa shape index (κ3) is 5.57. The van der Waals surface area contributed by atoms with E-state index < -0.39 is 140 Å². The molecule has 11 heteroatoms. The van der Waals surface area contributed by atoms with Gasteiger partial charge >= 0.3 is 10.2 Å². The van der Waals surface area contributed by atoms with E-state index in [0.717, 1.165) is 41.0 Å². The van der Waals surface area contributed by atoms with Crippen LogP contribution in [0.25, 0.3) is 28.2 Å². The maximum atomic E-state index is 14.8. The van der Waals surface area contributed by atoms with Gasteiger partial charge in [-0.25, -0.2) is 4.72 Å². The Kier molecular flexibility index (Phi) is 3.49. The van der Waals surface area contributed by atoms with Crippen molar-refractivity contribution in [1.29, 1.82) is 0 Å². The Morgan fingerprint density at radius 1 is 1.05 bits per heavy atom. The molecule has 1 aliphatic carbocycles. The highest BCUT2D eigenvalue weighted by molar-refractivity contribution is 7.87. The van der Waals surface area contributed by atoms with Crippen molar-refractivity contribution in [3.8, 4) is 17.0 Å². The highest BCUT2D eigenvalue weighted by Gasteiger charge is 2.31. The van der Waals surface area contributed by atoms with Crippen molar-refractivity contribution in [3.63, 3.8) is 0 Å². The van der Waals surface area contributed by atoms with E-state index in [1.54, 1.807) is 0 Å². The lowest BCUT2D eigenvalue weighted by atomic mass is 9.81. The number of carbonyl (C=O) groups excluding carboxylic acids is 2. The van der Waals surface area contributed by atoms with Gasteiger partial charge in [0.1, 0.15) is 5.75 Å². The number of hydrogen-bond acceptors (Lipinski definition) is 6. The van der Waals surface area contributed by atoms with Crippen molar-refractivity contribution < 1.29 is 59.0 Å². The van der Waals surface area contributed by atoms with E-state index in [1.165, 1.54) is 10.8 Å². The number of carbonyl (C=O) groups is 2. The molecule has 2 aliphatic heterocycles. The quantitative estimate of drug-likeness (QED) is 0.456. The number of likely N-dealkylation sites (N-methyl/N-ethyl adjacent to an activating group) is 2. The van der Waals surface area contributed by atoms with E-state index in [-0.39, 0.29) is 33.3 Å². The molecule has 3 aromatic rings. The molecular weight excluding hydrogens is 568 g/mol. The minimum absolute atomic E-state index is 0.00631. The minimum Gasteiger partial charge on any atom is -0.497 e. The average Bonchev–Trinajstić information content (AvgIpc) is 3.29. The Balaban J connectivity index is 1.78. The van der Waals surface area contributed by atoms with E-state index in [1.807, 2.05) is 0 Å². The summed E-state index contributed by atoms with van der Waals surface area (Å²) in [5.74, 6) is -5.33. The first-order chi connectivity index (χ1) is 29.4. The molecule has 1 fully saturated rings. The molecule has 1 saturated carbocycles. The fourth-order valence-electron chi connectivity index (χ4n) is 5.18. The first-order valence-corrected chi connectivity index (χ1v) is 14.0. The van der Waals surface area contributed by atoms with Gasteiger partial charge in [-0.3, -0.25) is 9.59 Å². The highest BCUT2D eigenvalue weighted by Crippen LogP contribution is 2.47. The van der Waals surface area contributed by atoms with Crippen LogP contribution < -0.4 is 9.46 Å². The molecule has 0 unspecified atom stereocenters. The molecule has 43 heavy (non-hydrogen) atoms. The highest BCUT2D eigenvalue weighted by atomic mass is 32.2. The van der Waals surface area contributed by atoms with Crippen molar-refractivity contribution in [2.75, 3.05) is 47.1 Å². The molecule has 1 aromatic heterocycles. The Hall–Kier alpha value is -3.67. The number of benzene rings is 2. The molecule has 0 radical (unpaired) electrons. The zero-order chi connectivity index (χ0) is 50.4. The van der Waals surface area contributed by atoms with Crippen molar-refractivity contribution in [2.24, 2.45) is 0 Å². The van der Waals surface area contributed by atoms with Crippen LogP contribution in [0, 0.1) is 0 Å². The summed E-state index contributed by atoms with van der Waals surface area (Å²) in [5.41, 5.74) is -2.01. The number of amides is 2. The fourth-order valence-corrected chi connectivity index (χ4v) is 5.78. The van der Waals surface area contributed by atoms with E-state index in [0.29, 0.717) is 0 Å². The molecule has 4 bridgehead atoms. The lowest BCUT2D eigenvalue weighted by molar-refractivity contribution is -0.126. The number of aromatic nitrogens is 1. The molecule has 1 N–H and O–H groups in total. The summed E-state index contributed by atoms with van der Waals surface area (Å²) in [6, 6.07) is 6.44. The fraction of sp³-hybridized carbons (Fsp3) is 0.438. The second-order valence-electron chi connectivity index (χ2n) is 9.56. The van der Waals surface area contributed by atoms with Gasteiger partial charge in [-0.1, -0.05) is 25.2 Å². The summed E-state index contributed by atoms with van der Waals surface area (Å²) >= 11 is 0. The SMILES string of the molecule is [2H]C([2H])([2H])Oc1ccc2c(c1)C=C1Cn3c-2c(C2CC([2H])([2H])C([2H])([2H])C([2H])([2H])C2)c2ccc(cc23)C(=O)NS(=O)(=O)N(C([2H])([2H])[2H])C([2H])([2H])C([2H])([2H])OC([2H])([2H])C([2H])([2H])N(C([2H])([2H])[2H])C1=O. The Labute approximate surface area is 284 Å². The molecule has 0 spiro atoms. The van der Waals surface area contributed by atoms with E-state index in [2.05, 4.69) is 4.74 Å². The predicted octanol–water partition coefficient (Wildman–Crippen LogP) is 4.16. The van der Waals surface area contributed by atoms with E-state index in [4.69, 9.17) is 36.3 Å². The summed E-state index contributed by atoms with van der Waals surface area (Å²) in [5, 5.41) is -0.00904. The topological polar surface area (TPSA) is 110 Å². The van der Waals surface area contributed by atoms with Gasteiger partial charge < -0.3 is 18.9 Å². The van der Waals surface area contributed by atoms with Gasteiger partial charge in [0.05, 0.1) is 44.7 Å². The van der Waals surface area contributed by atoms with Crippen LogP contribution in [0.4, 0.5) is 0 Å². The summed E-state index contributed by atoms with van der Waals surface area (Å²) in [6.07, 6.45) is -9.39. The van der Waals surface area contributed by atoms with E-state index in [9.17, 15) is 18.0 Å². The third-order valence-corrected chi connectivity index (χ3v) is 8.06. The first kappa shape index (κ1) is 12.7. The largest absolute Gasteiger partial charge is 0.497 e. The monoisotopic (exact) mass is 629 g/mol. The second-order valence-corrected chi connectivity index (χ2v) is 11.1. The van der Waals surface area contributed by atoms with Crippen molar-refractivity contribution in [2.45, 2.75) is 44.4 Å². The molecule has 3 heterocycles. The minimum atomic E-state index is -6.16. The zero-order valence-corrected chi connectivity index (χ0v) is 22.8. The molecule has 10 nitrogen and oxygen atoms in total. The van der Waals surface area contributed by atoms with Crippen LogP contribution >= 0.6 is 0 Å². The van der Waals surface area contributed by atoms with Crippen LogP contribution in [-0.4, -0.2) is 81.1 Å². The van der Waals surface area contributed by atoms with Gasteiger partial charge in [0.25, 0.3) is 11.8 Å². The van der Waals surface area contributed by atoms with Crippen LogP contribution in [0.3, 0.4) is 0 Å². The zero-order valence-electron chi connectivity index (χ0n) is 44.9. The van der Waals surface area contributed by atoms with Crippen molar-refractivity contribution >= 4 is 39.0 Å². The molecule has 0 saturated heterocycles. The smallest absolute Gasteiger partial charge is 0.303 e. The summed E-state index contributed by atoms with van der Waals surface area (Å²) in [4.78, 5) is 28.0. The average molecular weight is 630 g/mol. The Morgan fingerprint density at radius 2 is 1.88 bits per heavy atom. The third-order valence-electron chi connectivity index (χ3n) is 7.05. The number of rotatable bonds is 2. The number of hydrogen-bond donors (Lipinski definition) is 1. The van der Waals surface area contributed by atoms with E-state index >= 15 is 0 Å². The van der Waals surface area contributed by atoms with Gasteiger partial charge in [0.2, 0.25) is 0 Å². The normalized spacial score (nSPS) is 37.4.